The van der Waals surface area contributed by atoms with Gasteiger partial charge in [0, 0.05) is 18.7 Å². The van der Waals surface area contributed by atoms with Gasteiger partial charge in [-0.25, -0.2) is 0 Å². The molecule has 1 aromatic rings. The van der Waals surface area contributed by atoms with E-state index in [1.54, 1.807) is 17.9 Å². The van der Waals surface area contributed by atoms with Gasteiger partial charge in [0.1, 0.15) is 0 Å². The molecular weight excluding hydrogens is 230 g/mol. The lowest BCUT2D eigenvalue weighted by Gasteiger charge is -2.19. The van der Waals surface area contributed by atoms with Gasteiger partial charge in [0.05, 0.1) is 23.9 Å². The molecule has 0 aliphatic carbocycles. The Kier molecular flexibility index (Phi) is 4.51. The van der Waals surface area contributed by atoms with Crippen molar-refractivity contribution in [3.63, 3.8) is 0 Å². The van der Waals surface area contributed by atoms with Crippen LogP contribution < -0.4 is 5.32 Å². The van der Waals surface area contributed by atoms with E-state index >= 15 is 0 Å². The largest absolute Gasteiger partial charge is 0.394 e. The number of hydrogen-bond acceptors (Lipinski definition) is 3. The smallest absolute Gasteiger partial charge is 0.255 e. The number of aliphatic hydroxyl groups excluding tert-OH is 1. The summed E-state index contributed by atoms with van der Waals surface area (Å²) in [5.41, 5.74) is 1.17. The SMILES string of the molecule is CC[C@H](CO)NC(=O)c1cn(C)nc1C(C)(C)C. The zero-order valence-electron chi connectivity index (χ0n) is 11.8. The molecule has 1 aromatic heterocycles. The Morgan fingerprint density at radius 2 is 2.17 bits per heavy atom. The molecule has 2 N–H and O–H groups in total. The highest BCUT2D eigenvalue weighted by Gasteiger charge is 2.26. The van der Waals surface area contributed by atoms with E-state index in [2.05, 4.69) is 10.4 Å². The lowest BCUT2D eigenvalue weighted by molar-refractivity contribution is 0.0912. The third-order valence-electron chi connectivity index (χ3n) is 2.83. The number of rotatable bonds is 4. The molecule has 1 rings (SSSR count). The molecule has 0 saturated carbocycles. The highest BCUT2D eigenvalue weighted by atomic mass is 16.3. The third-order valence-corrected chi connectivity index (χ3v) is 2.83. The van der Waals surface area contributed by atoms with Crippen molar-refractivity contribution in [1.29, 1.82) is 0 Å². The first-order valence-corrected chi connectivity index (χ1v) is 6.25. The van der Waals surface area contributed by atoms with Gasteiger partial charge in [-0.1, -0.05) is 27.7 Å². The summed E-state index contributed by atoms with van der Waals surface area (Å²) in [6, 6.07) is -0.203. The van der Waals surface area contributed by atoms with Gasteiger partial charge in [-0.15, -0.1) is 0 Å². The van der Waals surface area contributed by atoms with Gasteiger partial charge in [0.15, 0.2) is 0 Å². The van der Waals surface area contributed by atoms with E-state index in [4.69, 9.17) is 5.11 Å². The summed E-state index contributed by atoms with van der Waals surface area (Å²) in [6.45, 7) is 7.95. The normalized spacial score (nSPS) is 13.4. The highest BCUT2D eigenvalue weighted by Crippen LogP contribution is 2.24. The Labute approximate surface area is 108 Å². The fraction of sp³-hybridized carbons (Fsp3) is 0.692. The molecule has 0 aliphatic heterocycles. The van der Waals surface area contributed by atoms with Crippen molar-refractivity contribution < 1.29 is 9.90 Å². The molecule has 5 nitrogen and oxygen atoms in total. The van der Waals surface area contributed by atoms with Gasteiger partial charge in [-0.3, -0.25) is 9.48 Å². The summed E-state index contributed by atoms with van der Waals surface area (Å²) in [7, 11) is 1.80. The Hall–Kier alpha value is -1.36. The molecule has 1 atom stereocenters. The quantitative estimate of drug-likeness (QED) is 0.847. The molecule has 102 valence electrons. The summed E-state index contributed by atoms with van der Waals surface area (Å²) < 4.78 is 1.65. The third kappa shape index (κ3) is 3.32. The number of amides is 1. The molecule has 0 unspecified atom stereocenters. The van der Waals surface area contributed by atoms with Gasteiger partial charge >= 0.3 is 0 Å². The zero-order chi connectivity index (χ0) is 13.9. The molecule has 18 heavy (non-hydrogen) atoms. The van der Waals surface area contributed by atoms with E-state index in [1.807, 2.05) is 27.7 Å². The molecule has 1 amide bonds. The number of aromatic nitrogens is 2. The number of aryl methyl sites for hydroxylation is 1. The second-order valence-corrected chi connectivity index (χ2v) is 5.58. The molecule has 0 aliphatic rings. The lowest BCUT2D eigenvalue weighted by atomic mass is 9.89. The van der Waals surface area contributed by atoms with Crippen LogP contribution in [0.15, 0.2) is 6.20 Å². The average molecular weight is 253 g/mol. The minimum atomic E-state index is -0.203. The van der Waals surface area contributed by atoms with Crippen molar-refractivity contribution in [3.8, 4) is 0 Å². The fourth-order valence-electron chi connectivity index (χ4n) is 1.75. The summed E-state index contributed by atoms with van der Waals surface area (Å²) in [5, 5.41) is 16.3. The van der Waals surface area contributed by atoms with E-state index < -0.39 is 0 Å². The van der Waals surface area contributed by atoms with Crippen molar-refractivity contribution in [3.05, 3.63) is 17.5 Å². The van der Waals surface area contributed by atoms with Crippen LogP contribution in [0.4, 0.5) is 0 Å². The first-order valence-electron chi connectivity index (χ1n) is 6.25. The molecule has 0 fully saturated rings. The molecular formula is C13H23N3O2. The van der Waals surface area contributed by atoms with Crippen molar-refractivity contribution in [2.24, 2.45) is 7.05 Å². The Morgan fingerprint density at radius 3 is 2.61 bits per heavy atom. The monoisotopic (exact) mass is 253 g/mol. The average Bonchev–Trinajstić information content (AvgIpc) is 2.67. The van der Waals surface area contributed by atoms with Crippen molar-refractivity contribution >= 4 is 5.91 Å². The number of carbonyl (C=O) groups is 1. The first-order chi connectivity index (χ1) is 8.29. The fourth-order valence-corrected chi connectivity index (χ4v) is 1.75. The van der Waals surface area contributed by atoms with Gasteiger partial charge in [-0.2, -0.15) is 5.10 Å². The first kappa shape index (κ1) is 14.7. The summed E-state index contributed by atoms with van der Waals surface area (Å²) in [4.78, 5) is 12.2. The maximum absolute atomic E-state index is 12.2. The lowest BCUT2D eigenvalue weighted by Crippen LogP contribution is -2.37. The molecule has 1 heterocycles. The van der Waals surface area contributed by atoms with Crippen molar-refractivity contribution in [1.82, 2.24) is 15.1 Å². The zero-order valence-corrected chi connectivity index (χ0v) is 11.8. The summed E-state index contributed by atoms with van der Waals surface area (Å²) in [6.07, 6.45) is 2.42. The maximum Gasteiger partial charge on any atom is 0.255 e. The summed E-state index contributed by atoms with van der Waals surface area (Å²) >= 11 is 0. The molecule has 5 heteroatoms. The number of nitrogens with one attached hydrogen (secondary N) is 1. The van der Waals surface area contributed by atoms with Crippen LogP contribution in [0.3, 0.4) is 0 Å². The van der Waals surface area contributed by atoms with Gasteiger partial charge in [0.25, 0.3) is 5.91 Å². The van der Waals surface area contributed by atoms with Crippen LogP contribution in [0.5, 0.6) is 0 Å². The molecule has 0 saturated heterocycles. The minimum Gasteiger partial charge on any atom is -0.394 e. The second-order valence-electron chi connectivity index (χ2n) is 5.58. The molecule has 0 bridgehead atoms. The Balaban J connectivity index is 2.99. The minimum absolute atomic E-state index is 0.0483. The highest BCUT2D eigenvalue weighted by molar-refractivity contribution is 5.95. The van der Waals surface area contributed by atoms with Crippen LogP contribution in [-0.4, -0.2) is 33.4 Å². The molecule has 0 aromatic carbocycles. The van der Waals surface area contributed by atoms with Crippen molar-refractivity contribution in [2.45, 2.75) is 45.6 Å². The summed E-state index contributed by atoms with van der Waals surface area (Å²) in [5.74, 6) is -0.172. The van der Waals surface area contributed by atoms with E-state index in [-0.39, 0.29) is 24.0 Å². The number of aliphatic hydroxyl groups is 1. The van der Waals surface area contributed by atoms with Crippen molar-refractivity contribution in [2.75, 3.05) is 6.61 Å². The van der Waals surface area contributed by atoms with Crippen LogP contribution in [0.2, 0.25) is 0 Å². The predicted molar refractivity (Wildman–Crippen MR) is 70.5 cm³/mol. The van der Waals surface area contributed by atoms with E-state index in [9.17, 15) is 4.79 Å². The number of hydrogen-bond donors (Lipinski definition) is 2. The number of nitrogens with zero attached hydrogens (tertiary/aromatic N) is 2. The maximum atomic E-state index is 12.2. The van der Waals surface area contributed by atoms with Gasteiger partial charge in [-0.05, 0) is 6.42 Å². The van der Waals surface area contributed by atoms with E-state index in [0.717, 1.165) is 5.69 Å². The standard InChI is InChI=1S/C13H23N3O2/c1-6-9(8-17)14-12(18)10-7-16(5)15-11(10)13(2,3)4/h7,9,17H,6,8H2,1-5H3,(H,14,18)/t9-/m1/s1. The van der Waals surface area contributed by atoms with Crippen LogP contribution in [0.1, 0.15) is 50.2 Å². The van der Waals surface area contributed by atoms with Gasteiger partial charge in [0.2, 0.25) is 0 Å². The van der Waals surface area contributed by atoms with E-state index in [1.165, 1.54) is 0 Å². The predicted octanol–water partition coefficient (Wildman–Crippen LogP) is 1.22. The molecule has 0 radical (unpaired) electrons. The van der Waals surface area contributed by atoms with E-state index in [0.29, 0.717) is 12.0 Å². The van der Waals surface area contributed by atoms with Crippen LogP contribution in [0.25, 0.3) is 0 Å². The second kappa shape index (κ2) is 5.52. The Bertz CT molecular complexity index is 414. The van der Waals surface area contributed by atoms with Crippen LogP contribution in [0, 0.1) is 0 Å². The van der Waals surface area contributed by atoms with Crippen LogP contribution in [-0.2, 0) is 12.5 Å². The Morgan fingerprint density at radius 1 is 1.56 bits per heavy atom. The number of carbonyl (C=O) groups excluding carboxylic acids is 1. The van der Waals surface area contributed by atoms with Crippen LogP contribution >= 0.6 is 0 Å². The topological polar surface area (TPSA) is 67.2 Å². The van der Waals surface area contributed by atoms with Gasteiger partial charge < -0.3 is 10.4 Å². The molecule has 0 spiro atoms.